The predicted octanol–water partition coefficient (Wildman–Crippen LogP) is 6.46. The number of benzene rings is 1. The monoisotopic (exact) mass is 430 g/mol. The van der Waals surface area contributed by atoms with Crippen LogP contribution in [-0.4, -0.2) is 0 Å². The number of hydrogen-bond acceptors (Lipinski definition) is 1. The molecule has 0 aliphatic heterocycles. The molecule has 1 unspecified atom stereocenters. The van der Waals surface area contributed by atoms with Crippen molar-refractivity contribution in [1.82, 2.24) is 0 Å². The first kappa shape index (κ1) is 16.0. The summed E-state index contributed by atoms with van der Waals surface area (Å²) in [5, 5.41) is 0. The largest absolute Gasteiger partial charge is 0.419 e. The van der Waals surface area contributed by atoms with E-state index in [0.29, 0.717) is 5.56 Å². The number of aryl methyl sites for hydroxylation is 1. The lowest BCUT2D eigenvalue weighted by molar-refractivity contribution is -0.140. The fourth-order valence-corrected chi connectivity index (χ4v) is 3.97. The maximum absolute atomic E-state index is 13.3. The van der Waals surface area contributed by atoms with E-state index in [4.69, 9.17) is 0 Å². The molecule has 0 aliphatic carbocycles. The zero-order valence-corrected chi connectivity index (χ0v) is 14.1. The Morgan fingerprint density at radius 1 is 1.20 bits per heavy atom. The third-order valence-electron chi connectivity index (χ3n) is 2.71. The van der Waals surface area contributed by atoms with E-state index < -0.39 is 22.4 Å². The Labute approximate surface area is 134 Å². The summed E-state index contributed by atoms with van der Waals surface area (Å²) in [5.41, 5.74) is 0.131. The van der Waals surface area contributed by atoms with Gasteiger partial charge in [-0.25, -0.2) is 4.39 Å². The van der Waals surface area contributed by atoms with Gasteiger partial charge < -0.3 is 0 Å². The van der Waals surface area contributed by atoms with Gasteiger partial charge in [0.25, 0.3) is 0 Å². The third-order valence-corrected chi connectivity index (χ3v) is 6.24. The van der Waals surface area contributed by atoms with Crippen LogP contribution in [0, 0.1) is 12.7 Å². The van der Waals surface area contributed by atoms with Gasteiger partial charge in [0.05, 0.1) is 14.2 Å². The number of thiophene rings is 1. The van der Waals surface area contributed by atoms with Crippen LogP contribution in [0.2, 0.25) is 0 Å². The Balaban J connectivity index is 2.43. The number of rotatable bonds is 2. The molecule has 7 heteroatoms. The van der Waals surface area contributed by atoms with Crippen LogP contribution in [0.3, 0.4) is 0 Å². The fourth-order valence-electron chi connectivity index (χ4n) is 1.69. The molecule has 1 aromatic carbocycles. The van der Waals surface area contributed by atoms with E-state index in [-0.39, 0.29) is 0 Å². The quantitative estimate of drug-likeness (QED) is 0.378. The van der Waals surface area contributed by atoms with E-state index in [1.807, 2.05) is 13.0 Å². The molecule has 20 heavy (non-hydrogen) atoms. The molecule has 0 amide bonds. The molecule has 0 nitrogen and oxygen atoms in total. The van der Waals surface area contributed by atoms with Crippen molar-refractivity contribution in [1.29, 1.82) is 0 Å². The normalized spacial score (nSPS) is 13.6. The Bertz CT molecular complexity index is 614. The van der Waals surface area contributed by atoms with Gasteiger partial charge in [0.15, 0.2) is 0 Å². The summed E-state index contributed by atoms with van der Waals surface area (Å²) in [7, 11) is 0. The van der Waals surface area contributed by atoms with Gasteiger partial charge in [-0.05, 0) is 52.2 Å². The molecule has 0 spiro atoms. The minimum atomic E-state index is -4.70. The minimum absolute atomic E-state index is 0.368. The molecular formula is C13H8Br2F4S. The second-order valence-corrected chi connectivity index (χ2v) is 7.52. The zero-order chi connectivity index (χ0) is 15.1. The lowest BCUT2D eigenvalue weighted by Gasteiger charge is -2.13. The van der Waals surface area contributed by atoms with Crippen LogP contribution in [0.4, 0.5) is 17.6 Å². The van der Waals surface area contributed by atoms with Gasteiger partial charge >= 0.3 is 6.18 Å². The molecule has 0 radical (unpaired) electrons. The second kappa shape index (κ2) is 5.77. The summed E-state index contributed by atoms with van der Waals surface area (Å²) in [4.78, 5) is 0.452. The minimum Gasteiger partial charge on any atom is -0.206 e. The maximum Gasteiger partial charge on any atom is 0.419 e. The standard InChI is InChI=1S/C13H8Br2F4S/c1-6-4-10(20-12(6)15)11(14)7-2-3-9(16)8(5-7)13(17,18)19/h2-5,11H,1H3. The maximum atomic E-state index is 13.3. The lowest BCUT2D eigenvalue weighted by Crippen LogP contribution is -2.09. The van der Waals surface area contributed by atoms with Crippen molar-refractivity contribution in [2.24, 2.45) is 0 Å². The highest BCUT2D eigenvalue weighted by molar-refractivity contribution is 9.11. The van der Waals surface area contributed by atoms with E-state index in [0.717, 1.165) is 26.4 Å². The van der Waals surface area contributed by atoms with Crippen molar-refractivity contribution in [3.63, 3.8) is 0 Å². The van der Waals surface area contributed by atoms with Gasteiger partial charge in [-0.2, -0.15) is 13.2 Å². The summed E-state index contributed by atoms with van der Waals surface area (Å²) in [6, 6.07) is 4.93. The Morgan fingerprint density at radius 3 is 2.35 bits per heavy atom. The SMILES string of the molecule is Cc1cc(C(Br)c2ccc(F)c(C(F)(F)F)c2)sc1Br. The van der Waals surface area contributed by atoms with Crippen molar-refractivity contribution in [3.8, 4) is 0 Å². The van der Waals surface area contributed by atoms with Crippen LogP contribution in [-0.2, 0) is 6.18 Å². The highest BCUT2D eigenvalue weighted by Gasteiger charge is 2.34. The second-order valence-electron chi connectivity index (χ2n) is 4.21. The molecule has 2 rings (SSSR count). The van der Waals surface area contributed by atoms with Crippen LogP contribution in [0.5, 0.6) is 0 Å². The summed E-state index contributed by atoms with van der Waals surface area (Å²) < 4.78 is 52.3. The van der Waals surface area contributed by atoms with Crippen molar-refractivity contribution in [2.75, 3.05) is 0 Å². The summed E-state index contributed by atoms with van der Waals surface area (Å²) in [6.45, 7) is 1.90. The number of halogens is 6. The predicted molar refractivity (Wildman–Crippen MR) is 78.9 cm³/mol. The van der Waals surface area contributed by atoms with Crippen molar-refractivity contribution < 1.29 is 17.6 Å². The Kier molecular flexibility index (Phi) is 4.61. The lowest BCUT2D eigenvalue weighted by atomic mass is 10.1. The van der Waals surface area contributed by atoms with E-state index in [2.05, 4.69) is 31.9 Å². The van der Waals surface area contributed by atoms with Gasteiger partial charge in [-0.3, -0.25) is 0 Å². The number of hydrogen-bond donors (Lipinski definition) is 0. The average molecular weight is 432 g/mol. The van der Waals surface area contributed by atoms with Gasteiger partial charge in [0.2, 0.25) is 0 Å². The molecule has 0 N–H and O–H groups in total. The summed E-state index contributed by atoms with van der Waals surface area (Å²) >= 11 is 8.17. The van der Waals surface area contributed by atoms with E-state index in [1.165, 1.54) is 17.4 Å². The van der Waals surface area contributed by atoms with Crippen molar-refractivity contribution in [2.45, 2.75) is 17.9 Å². The van der Waals surface area contributed by atoms with Crippen LogP contribution in [0.1, 0.15) is 26.4 Å². The van der Waals surface area contributed by atoms with Gasteiger partial charge in [0, 0.05) is 4.88 Å². The summed E-state index contributed by atoms with van der Waals surface area (Å²) in [6.07, 6.45) is -4.70. The van der Waals surface area contributed by atoms with Gasteiger partial charge in [0.1, 0.15) is 5.82 Å². The molecule has 1 aromatic heterocycles. The van der Waals surface area contributed by atoms with E-state index in [9.17, 15) is 17.6 Å². The molecular weight excluding hydrogens is 424 g/mol. The molecule has 0 aliphatic rings. The van der Waals surface area contributed by atoms with Crippen LogP contribution in [0.15, 0.2) is 28.1 Å². The molecule has 1 heterocycles. The molecule has 0 saturated carbocycles. The van der Waals surface area contributed by atoms with Crippen LogP contribution in [0.25, 0.3) is 0 Å². The molecule has 0 saturated heterocycles. The van der Waals surface area contributed by atoms with Gasteiger partial charge in [-0.1, -0.05) is 22.0 Å². The van der Waals surface area contributed by atoms with E-state index >= 15 is 0 Å². The average Bonchev–Trinajstić information content (AvgIpc) is 2.68. The molecule has 0 fully saturated rings. The Morgan fingerprint density at radius 2 is 1.85 bits per heavy atom. The van der Waals surface area contributed by atoms with E-state index in [1.54, 1.807) is 0 Å². The Hall–Kier alpha value is -0.400. The zero-order valence-electron chi connectivity index (χ0n) is 10.1. The van der Waals surface area contributed by atoms with Gasteiger partial charge in [-0.15, -0.1) is 11.3 Å². The molecule has 2 aromatic rings. The summed E-state index contributed by atoms with van der Waals surface area (Å²) in [5.74, 6) is -1.26. The first-order valence-electron chi connectivity index (χ1n) is 5.46. The van der Waals surface area contributed by atoms with Crippen LogP contribution < -0.4 is 0 Å². The fraction of sp³-hybridized carbons (Fsp3) is 0.231. The van der Waals surface area contributed by atoms with Crippen molar-refractivity contribution in [3.05, 3.63) is 55.4 Å². The van der Waals surface area contributed by atoms with Crippen molar-refractivity contribution >= 4 is 43.2 Å². The first-order valence-corrected chi connectivity index (χ1v) is 7.99. The third kappa shape index (κ3) is 3.26. The first-order chi connectivity index (χ1) is 9.20. The highest BCUT2D eigenvalue weighted by atomic mass is 79.9. The molecule has 0 bridgehead atoms. The van der Waals surface area contributed by atoms with Crippen LogP contribution >= 0.6 is 43.2 Å². The topological polar surface area (TPSA) is 0 Å². The number of alkyl halides is 4. The highest BCUT2D eigenvalue weighted by Crippen LogP contribution is 2.41. The smallest absolute Gasteiger partial charge is 0.206 e. The molecule has 1 atom stereocenters. The molecule has 108 valence electrons.